The third-order valence-electron chi connectivity index (χ3n) is 10.5. The molecule has 4 nitrogen and oxygen atoms in total. The summed E-state index contributed by atoms with van der Waals surface area (Å²) < 4.78 is 0. The van der Waals surface area contributed by atoms with Gasteiger partial charge in [-0.05, 0) is 38.5 Å². The smallest absolute Gasteiger partial charge is 0.220 e. The van der Waals surface area contributed by atoms with Gasteiger partial charge in [0.15, 0.2) is 0 Å². The van der Waals surface area contributed by atoms with Gasteiger partial charge in [0.25, 0.3) is 0 Å². The average molecular weight is 692 g/mol. The van der Waals surface area contributed by atoms with E-state index in [4.69, 9.17) is 0 Å². The van der Waals surface area contributed by atoms with Gasteiger partial charge in [0, 0.05) is 6.42 Å². The van der Waals surface area contributed by atoms with Gasteiger partial charge < -0.3 is 15.5 Å². The molecule has 0 saturated heterocycles. The fourth-order valence-corrected chi connectivity index (χ4v) is 7.06. The Morgan fingerprint density at radius 3 is 1.12 bits per heavy atom. The van der Waals surface area contributed by atoms with Crippen molar-refractivity contribution in [3.63, 3.8) is 0 Å². The van der Waals surface area contributed by atoms with Gasteiger partial charge in [0.1, 0.15) is 0 Å². The second-order valence-electron chi connectivity index (χ2n) is 15.5. The lowest BCUT2D eigenvalue weighted by Crippen LogP contribution is -2.45. The van der Waals surface area contributed by atoms with Gasteiger partial charge in [-0.25, -0.2) is 0 Å². The van der Waals surface area contributed by atoms with Crippen molar-refractivity contribution >= 4 is 5.91 Å². The maximum atomic E-state index is 12.4. The molecule has 0 aliphatic carbocycles. The SMILES string of the molecule is CCCCCCCC/C=C\CCCCCCCCCCCC(=O)NC(CO)C(O)CCCCCCCCCCCCCCCCCCCC. The van der Waals surface area contributed by atoms with Crippen LogP contribution in [0.4, 0.5) is 0 Å². The molecule has 292 valence electrons. The molecule has 0 aliphatic rings. The minimum Gasteiger partial charge on any atom is -0.394 e. The molecule has 0 radical (unpaired) electrons. The number of carbonyl (C=O) groups excluding carboxylic acids is 1. The molecular weight excluding hydrogens is 602 g/mol. The minimum absolute atomic E-state index is 0.0306. The van der Waals surface area contributed by atoms with Crippen molar-refractivity contribution in [2.24, 2.45) is 0 Å². The number of nitrogens with one attached hydrogen (secondary N) is 1. The normalized spacial score (nSPS) is 13.0. The van der Waals surface area contributed by atoms with Crippen LogP contribution in [0.3, 0.4) is 0 Å². The average Bonchev–Trinajstić information content (AvgIpc) is 3.10. The Labute approximate surface area is 307 Å². The van der Waals surface area contributed by atoms with E-state index in [0.717, 1.165) is 25.7 Å². The Hall–Kier alpha value is -0.870. The van der Waals surface area contributed by atoms with E-state index in [1.54, 1.807) is 0 Å². The summed E-state index contributed by atoms with van der Waals surface area (Å²) in [4.78, 5) is 12.4. The molecule has 2 atom stereocenters. The van der Waals surface area contributed by atoms with Crippen molar-refractivity contribution in [1.82, 2.24) is 5.32 Å². The lowest BCUT2D eigenvalue weighted by molar-refractivity contribution is -0.123. The van der Waals surface area contributed by atoms with E-state index in [-0.39, 0.29) is 12.5 Å². The molecule has 49 heavy (non-hydrogen) atoms. The first-order chi connectivity index (χ1) is 24.2. The van der Waals surface area contributed by atoms with Gasteiger partial charge in [-0.15, -0.1) is 0 Å². The molecule has 0 saturated carbocycles. The number of rotatable bonds is 41. The van der Waals surface area contributed by atoms with Crippen molar-refractivity contribution in [2.75, 3.05) is 6.61 Å². The lowest BCUT2D eigenvalue weighted by Gasteiger charge is -2.22. The van der Waals surface area contributed by atoms with E-state index in [2.05, 4.69) is 31.3 Å². The summed E-state index contributed by atoms with van der Waals surface area (Å²) >= 11 is 0. The molecule has 1 amide bonds. The molecule has 0 aromatic heterocycles. The minimum atomic E-state index is -0.656. The monoisotopic (exact) mass is 692 g/mol. The molecule has 0 rings (SSSR count). The summed E-state index contributed by atoms with van der Waals surface area (Å²) in [5.74, 6) is -0.0306. The van der Waals surface area contributed by atoms with Crippen molar-refractivity contribution in [3.8, 4) is 0 Å². The van der Waals surface area contributed by atoms with E-state index in [1.807, 2.05) is 0 Å². The van der Waals surface area contributed by atoms with Crippen molar-refractivity contribution < 1.29 is 15.0 Å². The second-order valence-corrected chi connectivity index (χ2v) is 15.5. The number of allylic oxidation sites excluding steroid dienone is 2. The Bertz CT molecular complexity index is 666. The van der Waals surface area contributed by atoms with Crippen LogP contribution in [0.15, 0.2) is 12.2 Å². The topological polar surface area (TPSA) is 69.6 Å². The van der Waals surface area contributed by atoms with E-state index >= 15 is 0 Å². The van der Waals surface area contributed by atoms with Crippen LogP contribution < -0.4 is 5.32 Å². The van der Waals surface area contributed by atoms with E-state index in [0.29, 0.717) is 12.8 Å². The predicted molar refractivity (Wildman–Crippen MR) is 216 cm³/mol. The van der Waals surface area contributed by atoms with Crippen LogP contribution in [0.5, 0.6) is 0 Å². The van der Waals surface area contributed by atoms with Crippen LogP contribution in [-0.4, -0.2) is 34.9 Å². The van der Waals surface area contributed by atoms with Crippen molar-refractivity contribution in [2.45, 2.75) is 264 Å². The number of carbonyl (C=O) groups is 1. The van der Waals surface area contributed by atoms with E-state index in [1.165, 1.54) is 199 Å². The summed E-state index contributed by atoms with van der Waals surface area (Å²) in [7, 11) is 0. The fourth-order valence-electron chi connectivity index (χ4n) is 7.06. The van der Waals surface area contributed by atoms with Crippen LogP contribution in [0, 0.1) is 0 Å². The highest BCUT2D eigenvalue weighted by atomic mass is 16.3. The van der Waals surface area contributed by atoms with E-state index < -0.39 is 12.1 Å². The fraction of sp³-hybridized carbons (Fsp3) is 0.933. The maximum absolute atomic E-state index is 12.4. The first-order valence-corrected chi connectivity index (χ1v) is 22.4. The zero-order valence-corrected chi connectivity index (χ0v) is 33.5. The van der Waals surface area contributed by atoms with Crippen LogP contribution in [0.25, 0.3) is 0 Å². The summed E-state index contributed by atoms with van der Waals surface area (Å²) in [6.07, 6.45) is 51.4. The van der Waals surface area contributed by atoms with Gasteiger partial charge in [0.2, 0.25) is 5.91 Å². The molecule has 0 bridgehead atoms. The third-order valence-corrected chi connectivity index (χ3v) is 10.5. The zero-order valence-electron chi connectivity index (χ0n) is 33.5. The summed E-state index contributed by atoms with van der Waals surface area (Å²) in [6, 6.07) is -0.533. The number of hydrogen-bond acceptors (Lipinski definition) is 3. The molecule has 3 N–H and O–H groups in total. The van der Waals surface area contributed by atoms with Crippen LogP contribution in [0.1, 0.15) is 251 Å². The standard InChI is InChI=1S/C45H89NO3/c1-3-5-7-9-11-13-15-17-19-21-23-25-27-29-31-33-35-37-39-41-45(49)46-43(42-47)44(48)40-38-36-34-32-30-28-26-24-22-20-18-16-14-12-10-8-6-4-2/h17,19,43-44,47-48H,3-16,18,20-42H2,1-2H3,(H,46,49)/b19-17-. The van der Waals surface area contributed by atoms with Gasteiger partial charge in [-0.3, -0.25) is 4.79 Å². The molecule has 0 aromatic carbocycles. The number of amides is 1. The highest BCUT2D eigenvalue weighted by Gasteiger charge is 2.20. The van der Waals surface area contributed by atoms with Gasteiger partial charge in [0.05, 0.1) is 18.8 Å². The first-order valence-electron chi connectivity index (χ1n) is 22.4. The van der Waals surface area contributed by atoms with Crippen LogP contribution in [-0.2, 0) is 4.79 Å². The van der Waals surface area contributed by atoms with Crippen molar-refractivity contribution in [1.29, 1.82) is 0 Å². The van der Waals surface area contributed by atoms with Gasteiger partial charge in [-0.1, -0.05) is 219 Å². The molecule has 0 fully saturated rings. The Morgan fingerprint density at radius 2 is 0.776 bits per heavy atom. The predicted octanol–water partition coefficient (Wildman–Crippen LogP) is 13.9. The summed E-state index contributed by atoms with van der Waals surface area (Å²) in [5.41, 5.74) is 0. The van der Waals surface area contributed by atoms with Crippen LogP contribution in [0.2, 0.25) is 0 Å². The lowest BCUT2D eigenvalue weighted by atomic mass is 10.0. The maximum Gasteiger partial charge on any atom is 0.220 e. The molecular formula is C45H89NO3. The second kappa shape index (κ2) is 41.5. The third kappa shape index (κ3) is 38.2. The number of aliphatic hydroxyl groups excluding tert-OH is 2. The van der Waals surface area contributed by atoms with Gasteiger partial charge in [-0.2, -0.15) is 0 Å². The number of unbranched alkanes of at least 4 members (excludes halogenated alkanes) is 32. The molecule has 0 spiro atoms. The zero-order chi connectivity index (χ0) is 35.7. The number of hydrogen-bond donors (Lipinski definition) is 3. The Morgan fingerprint density at radius 1 is 0.469 bits per heavy atom. The van der Waals surface area contributed by atoms with E-state index in [9.17, 15) is 15.0 Å². The van der Waals surface area contributed by atoms with Gasteiger partial charge >= 0.3 is 0 Å². The quantitative estimate of drug-likeness (QED) is 0.0441. The highest BCUT2D eigenvalue weighted by Crippen LogP contribution is 2.16. The molecule has 0 aliphatic heterocycles. The molecule has 0 aromatic rings. The molecule has 2 unspecified atom stereocenters. The Balaban J connectivity index is 3.49. The van der Waals surface area contributed by atoms with Crippen LogP contribution >= 0.6 is 0 Å². The Kier molecular flexibility index (Phi) is 40.8. The number of aliphatic hydroxyl groups is 2. The van der Waals surface area contributed by atoms with Crippen molar-refractivity contribution in [3.05, 3.63) is 12.2 Å². The largest absolute Gasteiger partial charge is 0.394 e. The first kappa shape index (κ1) is 48.1. The highest BCUT2D eigenvalue weighted by molar-refractivity contribution is 5.76. The summed E-state index contributed by atoms with van der Waals surface area (Å²) in [5, 5.41) is 23.2. The summed E-state index contributed by atoms with van der Waals surface area (Å²) in [6.45, 7) is 4.37. The molecule has 4 heteroatoms. The molecule has 0 heterocycles.